The molecule has 2 heterocycles. The summed E-state index contributed by atoms with van der Waals surface area (Å²) in [6.45, 7) is 1.12. The maximum Gasteiger partial charge on any atom is 0.320 e. The zero-order valence-corrected chi connectivity index (χ0v) is 12.8. The van der Waals surface area contributed by atoms with Gasteiger partial charge in [-0.2, -0.15) is 0 Å². The maximum absolute atomic E-state index is 11.1. The number of hydrogen-bond donors (Lipinski definition) is 1. The fourth-order valence-corrected chi connectivity index (χ4v) is 2.76. The molecular weight excluding hydrogens is 338 g/mol. The molecule has 1 aliphatic rings. The lowest BCUT2D eigenvalue weighted by Gasteiger charge is -2.18. The summed E-state index contributed by atoms with van der Waals surface area (Å²) in [6.07, 6.45) is 1.55. The Kier molecular flexibility index (Phi) is 4.03. The van der Waals surface area contributed by atoms with Gasteiger partial charge in [-0.3, -0.25) is 9.69 Å². The second-order valence-electron chi connectivity index (χ2n) is 4.97. The highest BCUT2D eigenvalue weighted by molar-refractivity contribution is 9.10. The van der Waals surface area contributed by atoms with Gasteiger partial charge in [0, 0.05) is 10.0 Å². The van der Waals surface area contributed by atoms with Crippen molar-refractivity contribution in [1.82, 2.24) is 15.1 Å². The summed E-state index contributed by atoms with van der Waals surface area (Å²) in [5, 5.41) is 17.2. The molecule has 1 N–H and O–H groups in total. The van der Waals surface area contributed by atoms with E-state index in [9.17, 15) is 4.79 Å². The number of aliphatic carboxylic acids is 1. The summed E-state index contributed by atoms with van der Waals surface area (Å²) in [4.78, 5) is 13.0. The lowest BCUT2D eigenvalue weighted by Crippen LogP contribution is -2.35. The van der Waals surface area contributed by atoms with Crippen LogP contribution in [-0.2, 0) is 11.3 Å². The zero-order chi connectivity index (χ0) is 14.8. The van der Waals surface area contributed by atoms with E-state index in [-0.39, 0.29) is 0 Å². The van der Waals surface area contributed by atoms with E-state index in [0.717, 1.165) is 23.0 Å². The second-order valence-corrected chi connectivity index (χ2v) is 5.89. The third-order valence-electron chi connectivity index (χ3n) is 3.55. The molecule has 1 fully saturated rings. The van der Waals surface area contributed by atoms with E-state index in [1.54, 1.807) is 0 Å². The summed E-state index contributed by atoms with van der Waals surface area (Å²) in [5.41, 5.74) is 0.841. The quantitative estimate of drug-likeness (QED) is 0.911. The van der Waals surface area contributed by atoms with Crippen LogP contribution in [0.4, 0.5) is 0 Å². The lowest BCUT2D eigenvalue weighted by atomic mass is 10.2. The number of nitrogens with zero attached hydrogens (tertiary/aromatic N) is 3. The van der Waals surface area contributed by atoms with E-state index >= 15 is 0 Å². The number of aromatic nitrogens is 2. The summed E-state index contributed by atoms with van der Waals surface area (Å²) in [7, 11) is 0. The van der Waals surface area contributed by atoms with Crippen molar-refractivity contribution >= 4 is 21.9 Å². The van der Waals surface area contributed by atoms with Crippen LogP contribution in [0.5, 0.6) is 0 Å². The highest BCUT2D eigenvalue weighted by atomic mass is 79.9. The first-order valence-corrected chi connectivity index (χ1v) is 7.48. The minimum atomic E-state index is -0.792. The average molecular weight is 352 g/mol. The van der Waals surface area contributed by atoms with Crippen molar-refractivity contribution in [2.75, 3.05) is 6.54 Å². The smallest absolute Gasteiger partial charge is 0.320 e. The van der Waals surface area contributed by atoms with Crippen molar-refractivity contribution in [3.8, 4) is 11.5 Å². The Labute approximate surface area is 129 Å². The Bertz CT molecular complexity index is 641. The van der Waals surface area contributed by atoms with Gasteiger partial charge in [0.25, 0.3) is 0 Å². The number of likely N-dealkylation sites (tertiary alicyclic amines) is 1. The molecule has 2 aromatic rings. The third kappa shape index (κ3) is 3.14. The van der Waals surface area contributed by atoms with E-state index < -0.39 is 12.0 Å². The first-order chi connectivity index (χ1) is 10.1. The van der Waals surface area contributed by atoms with Gasteiger partial charge in [0.2, 0.25) is 11.8 Å². The van der Waals surface area contributed by atoms with Crippen LogP contribution in [0.25, 0.3) is 11.5 Å². The maximum atomic E-state index is 11.1. The number of rotatable bonds is 4. The van der Waals surface area contributed by atoms with Crippen LogP contribution in [-0.4, -0.2) is 38.8 Å². The normalized spacial score (nSPS) is 19.0. The van der Waals surface area contributed by atoms with Crippen LogP contribution in [0.3, 0.4) is 0 Å². The first kappa shape index (κ1) is 14.2. The Morgan fingerprint density at radius 2 is 2.14 bits per heavy atom. The predicted octanol–water partition coefficient (Wildman–Crippen LogP) is 2.55. The first-order valence-electron chi connectivity index (χ1n) is 6.68. The van der Waals surface area contributed by atoms with Crippen molar-refractivity contribution < 1.29 is 14.3 Å². The van der Waals surface area contributed by atoms with E-state index in [1.165, 1.54) is 0 Å². The topological polar surface area (TPSA) is 79.5 Å². The molecule has 3 rings (SSSR count). The lowest BCUT2D eigenvalue weighted by molar-refractivity contribution is -0.142. The zero-order valence-electron chi connectivity index (χ0n) is 11.2. The van der Waals surface area contributed by atoms with Gasteiger partial charge in [0.15, 0.2) is 0 Å². The summed E-state index contributed by atoms with van der Waals surface area (Å²) >= 11 is 3.37. The molecule has 1 aliphatic heterocycles. The minimum absolute atomic E-state index is 0.375. The van der Waals surface area contributed by atoms with Crippen molar-refractivity contribution in [2.45, 2.75) is 25.4 Å². The monoisotopic (exact) mass is 351 g/mol. The fourth-order valence-electron chi connectivity index (χ4n) is 2.50. The average Bonchev–Trinajstić information content (AvgIpc) is 3.09. The van der Waals surface area contributed by atoms with E-state index in [0.29, 0.717) is 24.7 Å². The van der Waals surface area contributed by atoms with E-state index in [2.05, 4.69) is 26.1 Å². The number of halogens is 1. The standard InChI is InChI=1S/C14H14BrN3O3/c15-10-5-3-9(4-6-10)13-17-16-12(21-13)8-18-7-1-2-11(18)14(19)20/h3-6,11H,1-2,7-8H2,(H,19,20). The van der Waals surface area contributed by atoms with Crippen LogP contribution < -0.4 is 0 Å². The molecule has 0 spiro atoms. The highest BCUT2D eigenvalue weighted by Gasteiger charge is 2.31. The Morgan fingerprint density at radius 3 is 2.86 bits per heavy atom. The van der Waals surface area contributed by atoms with Gasteiger partial charge in [0.1, 0.15) is 6.04 Å². The molecule has 0 aliphatic carbocycles. The summed E-state index contributed by atoms with van der Waals surface area (Å²) < 4.78 is 6.61. The Hall–Kier alpha value is -1.73. The molecule has 1 aromatic carbocycles. The van der Waals surface area contributed by atoms with Gasteiger partial charge in [-0.15, -0.1) is 10.2 Å². The molecule has 0 amide bonds. The number of carbonyl (C=O) groups is 1. The SMILES string of the molecule is O=C(O)C1CCCN1Cc1nnc(-c2ccc(Br)cc2)o1. The molecule has 0 bridgehead atoms. The minimum Gasteiger partial charge on any atom is -0.480 e. The van der Waals surface area contributed by atoms with E-state index in [4.69, 9.17) is 9.52 Å². The van der Waals surface area contributed by atoms with Crippen molar-refractivity contribution in [2.24, 2.45) is 0 Å². The molecule has 1 saturated heterocycles. The summed E-state index contributed by atoms with van der Waals surface area (Å²) in [5.74, 6) is 0.102. The molecule has 21 heavy (non-hydrogen) atoms. The second kappa shape index (κ2) is 5.95. The summed E-state index contributed by atoms with van der Waals surface area (Å²) in [6, 6.07) is 7.13. The van der Waals surface area contributed by atoms with Crippen LogP contribution in [0.1, 0.15) is 18.7 Å². The Balaban J connectivity index is 1.73. The van der Waals surface area contributed by atoms with Gasteiger partial charge in [-0.1, -0.05) is 15.9 Å². The van der Waals surface area contributed by atoms with Gasteiger partial charge < -0.3 is 9.52 Å². The van der Waals surface area contributed by atoms with Crippen LogP contribution >= 0.6 is 15.9 Å². The van der Waals surface area contributed by atoms with Crippen molar-refractivity contribution in [3.05, 3.63) is 34.6 Å². The molecule has 7 heteroatoms. The molecule has 110 valence electrons. The predicted molar refractivity (Wildman–Crippen MR) is 78.5 cm³/mol. The Morgan fingerprint density at radius 1 is 1.38 bits per heavy atom. The molecular formula is C14H14BrN3O3. The highest BCUT2D eigenvalue weighted by Crippen LogP contribution is 2.23. The van der Waals surface area contributed by atoms with Crippen LogP contribution in [0.15, 0.2) is 33.2 Å². The number of carboxylic acid groups (broad SMARTS) is 1. The van der Waals surface area contributed by atoms with Crippen molar-refractivity contribution in [1.29, 1.82) is 0 Å². The molecule has 6 nitrogen and oxygen atoms in total. The third-order valence-corrected chi connectivity index (χ3v) is 4.07. The molecule has 1 aromatic heterocycles. The largest absolute Gasteiger partial charge is 0.480 e. The molecule has 1 unspecified atom stereocenters. The van der Waals surface area contributed by atoms with Gasteiger partial charge in [-0.05, 0) is 43.7 Å². The van der Waals surface area contributed by atoms with Crippen molar-refractivity contribution in [3.63, 3.8) is 0 Å². The van der Waals surface area contributed by atoms with Gasteiger partial charge in [0.05, 0.1) is 6.54 Å². The van der Waals surface area contributed by atoms with Gasteiger partial charge >= 0.3 is 5.97 Å². The number of benzene rings is 1. The fraction of sp³-hybridized carbons (Fsp3) is 0.357. The van der Waals surface area contributed by atoms with E-state index in [1.807, 2.05) is 29.2 Å². The molecule has 0 saturated carbocycles. The number of carboxylic acids is 1. The number of hydrogen-bond acceptors (Lipinski definition) is 5. The van der Waals surface area contributed by atoms with Crippen LogP contribution in [0, 0.1) is 0 Å². The molecule has 1 atom stereocenters. The van der Waals surface area contributed by atoms with Gasteiger partial charge in [-0.25, -0.2) is 0 Å². The molecule has 0 radical (unpaired) electrons. The van der Waals surface area contributed by atoms with Crippen LogP contribution in [0.2, 0.25) is 0 Å².